The molecule has 47 heavy (non-hydrogen) atoms. The van der Waals surface area contributed by atoms with Crippen LogP contribution in [0.2, 0.25) is 0 Å². The fourth-order valence-electron chi connectivity index (χ4n) is 5.35. The van der Waals surface area contributed by atoms with Crippen LogP contribution in [0.15, 0.2) is 36.4 Å². The van der Waals surface area contributed by atoms with Crippen molar-refractivity contribution in [2.75, 3.05) is 6.54 Å². The number of rotatable bonds is 3. The Hall–Kier alpha value is -4.32. The number of hydrazine groups is 1. The number of hydrogen-bond donors (Lipinski definition) is 3. The molecular formula is C35H47N5O7. The lowest BCUT2D eigenvalue weighted by Gasteiger charge is -2.36. The lowest BCUT2D eigenvalue weighted by atomic mass is 9.89. The first-order valence-corrected chi connectivity index (χ1v) is 16.1. The average molecular weight is 650 g/mol. The summed E-state index contributed by atoms with van der Waals surface area (Å²) in [6.45, 7) is 14.1. The Labute approximate surface area is 276 Å². The number of cyclic esters (lactones) is 1. The molecule has 0 spiro atoms. The monoisotopic (exact) mass is 649 g/mol. The van der Waals surface area contributed by atoms with Crippen LogP contribution >= 0.6 is 0 Å². The highest BCUT2D eigenvalue weighted by atomic mass is 16.6. The van der Waals surface area contributed by atoms with Crippen molar-refractivity contribution < 1.29 is 33.4 Å². The first-order valence-electron chi connectivity index (χ1n) is 16.1. The molecule has 1 saturated heterocycles. The van der Waals surface area contributed by atoms with Crippen LogP contribution in [-0.4, -0.2) is 69.9 Å². The first kappa shape index (κ1) is 35.5. The second-order valence-electron chi connectivity index (χ2n) is 14.2. The van der Waals surface area contributed by atoms with Crippen molar-refractivity contribution in [3.63, 3.8) is 0 Å². The molecule has 1 aromatic heterocycles. The third-order valence-electron chi connectivity index (χ3n) is 8.10. The highest BCUT2D eigenvalue weighted by Gasteiger charge is 2.38. The minimum absolute atomic E-state index is 0.234. The molecule has 1 fully saturated rings. The number of fused-ring (bicyclic) bond motifs is 4. The summed E-state index contributed by atoms with van der Waals surface area (Å²) in [6, 6.07) is 6.25. The van der Waals surface area contributed by atoms with E-state index in [0.717, 1.165) is 10.9 Å². The van der Waals surface area contributed by atoms with Gasteiger partial charge in [0.25, 0.3) is 5.91 Å². The van der Waals surface area contributed by atoms with Crippen molar-refractivity contribution in [3.05, 3.63) is 47.7 Å². The summed E-state index contributed by atoms with van der Waals surface area (Å²) in [6.07, 6.45) is 3.33. The highest BCUT2D eigenvalue weighted by Crippen LogP contribution is 2.25. The third kappa shape index (κ3) is 9.15. The minimum atomic E-state index is -1.33. The van der Waals surface area contributed by atoms with Crippen molar-refractivity contribution >= 4 is 46.6 Å². The maximum Gasteiger partial charge on any atom is 0.325 e. The number of nitrogens with one attached hydrogen (secondary N) is 3. The van der Waals surface area contributed by atoms with Gasteiger partial charge in [0.1, 0.15) is 29.8 Å². The number of pyridine rings is 1. The van der Waals surface area contributed by atoms with Gasteiger partial charge in [-0.25, -0.2) is 10.4 Å². The zero-order chi connectivity index (χ0) is 34.7. The maximum atomic E-state index is 13.9. The molecule has 12 heteroatoms. The molecule has 2 aromatic rings. The summed E-state index contributed by atoms with van der Waals surface area (Å²) < 4.78 is 11.3. The topological polar surface area (TPSA) is 156 Å². The Kier molecular flexibility index (Phi) is 10.7. The number of hydrogen-bond acceptors (Lipinski definition) is 9. The number of aromatic nitrogens is 1. The van der Waals surface area contributed by atoms with Crippen molar-refractivity contribution in [1.82, 2.24) is 26.1 Å². The van der Waals surface area contributed by atoms with Crippen molar-refractivity contribution in [1.29, 1.82) is 0 Å². The molecule has 12 nitrogen and oxygen atoms in total. The highest BCUT2D eigenvalue weighted by molar-refractivity contribution is 5.95. The molecule has 3 N–H and O–H groups in total. The predicted molar refractivity (Wildman–Crippen MR) is 176 cm³/mol. The minimum Gasteiger partial charge on any atom is -0.460 e. The molecule has 0 saturated carbocycles. The van der Waals surface area contributed by atoms with E-state index in [4.69, 9.17) is 14.5 Å². The van der Waals surface area contributed by atoms with Crippen molar-refractivity contribution in [2.45, 2.75) is 104 Å². The Morgan fingerprint density at radius 2 is 1.81 bits per heavy atom. The number of amides is 3. The van der Waals surface area contributed by atoms with E-state index in [9.17, 15) is 24.0 Å². The largest absolute Gasteiger partial charge is 0.460 e. The van der Waals surface area contributed by atoms with Gasteiger partial charge in [0, 0.05) is 11.9 Å². The lowest BCUT2D eigenvalue weighted by molar-refractivity contribution is -0.161. The van der Waals surface area contributed by atoms with E-state index in [-0.39, 0.29) is 12.5 Å². The second-order valence-corrected chi connectivity index (χ2v) is 14.2. The van der Waals surface area contributed by atoms with Gasteiger partial charge in [-0.2, -0.15) is 0 Å². The summed E-state index contributed by atoms with van der Waals surface area (Å²) in [4.78, 5) is 72.1. The van der Waals surface area contributed by atoms with Gasteiger partial charge in [-0.05, 0) is 78.0 Å². The molecule has 0 radical (unpaired) electrons. The van der Waals surface area contributed by atoms with Crippen LogP contribution < -0.4 is 16.1 Å². The number of carbonyl (C=O) groups is 5. The van der Waals surface area contributed by atoms with Gasteiger partial charge in [0.15, 0.2) is 0 Å². The molecule has 1 aromatic carbocycles. The molecule has 4 atom stereocenters. The van der Waals surface area contributed by atoms with E-state index in [2.05, 4.69) is 16.1 Å². The molecule has 2 unspecified atom stereocenters. The predicted octanol–water partition coefficient (Wildman–Crippen LogP) is 3.75. The lowest BCUT2D eigenvalue weighted by Crippen LogP contribution is -2.62. The second kappa shape index (κ2) is 14.2. The number of nitrogens with zero attached hydrogens (tertiary/aromatic N) is 2. The number of benzene rings is 1. The zero-order valence-electron chi connectivity index (χ0n) is 28.5. The van der Waals surface area contributed by atoms with Gasteiger partial charge in [-0.1, -0.05) is 44.2 Å². The van der Waals surface area contributed by atoms with Crippen LogP contribution in [0.25, 0.3) is 17.0 Å². The summed E-state index contributed by atoms with van der Waals surface area (Å²) >= 11 is 0. The Balaban J connectivity index is 1.73. The molecule has 3 amide bonds. The molecule has 0 aliphatic carbocycles. The maximum absolute atomic E-state index is 13.9. The van der Waals surface area contributed by atoms with Gasteiger partial charge in [-0.15, -0.1) is 0 Å². The van der Waals surface area contributed by atoms with E-state index in [1.165, 1.54) is 5.01 Å². The molecule has 254 valence electrons. The first-order chi connectivity index (χ1) is 21.9. The van der Waals surface area contributed by atoms with E-state index in [1.807, 2.05) is 30.3 Å². The smallest absolute Gasteiger partial charge is 0.325 e. The molecule has 3 heterocycles. The summed E-state index contributed by atoms with van der Waals surface area (Å²) in [5.74, 6) is -3.24. The van der Waals surface area contributed by atoms with Crippen LogP contribution in [0.3, 0.4) is 0 Å². The molecular weight excluding hydrogens is 602 g/mol. The standard InChI is InChI=1S/C35H47N5O7/c1-20(2)29-30(42)37-27(19-28(41)47-34(4,5)6)31(43)40-17-9-10-25(39-40)32(44)46-21(3)24-14-13-23-12-11-22(18-26(23)36-24)15-16-35(7,8)33(45)38-29/h11-16,18,20-21,25,27,29,39H,9-10,17,19H2,1-8H3,(H,37,42)(H,38,45)/b16-15+/t21-,25?,27?,29+/m1/s1. The number of carbonyl (C=O) groups excluding carboxylic acids is 5. The Morgan fingerprint density at radius 3 is 2.49 bits per heavy atom. The molecule has 2 aliphatic rings. The van der Waals surface area contributed by atoms with Crippen LogP contribution in [-0.2, 0) is 33.4 Å². The molecule has 2 aliphatic heterocycles. The quantitative estimate of drug-likeness (QED) is 0.422. The Bertz CT molecular complexity index is 1560. The molecule has 4 rings (SSSR count). The fourth-order valence-corrected chi connectivity index (χ4v) is 5.35. The number of ether oxygens (including phenoxy) is 2. The van der Waals surface area contributed by atoms with Gasteiger partial charge in [0.05, 0.1) is 23.0 Å². The zero-order valence-corrected chi connectivity index (χ0v) is 28.5. The normalized spacial score (nSPS) is 25.2. The SMILES string of the molecule is CC(C)[C@@H]1NC(=O)C(C)(C)/C=C/c2ccc3ccc(nc3c2)[C@@H](C)OC(=O)C2CCCN(N2)C(=O)C(CC(=O)OC(C)(C)C)NC1=O. The molecule has 5 bridgehead atoms. The average Bonchev–Trinajstić information content (AvgIpc) is 2.99. The van der Waals surface area contributed by atoms with Crippen molar-refractivity contribution in [3.8, 4) is 0 Å². The van der Waals surface area contributed by atoms with Crippen LogP contribution in [0.4, 0.5) is 0 Å². The van der Waals surface area contributed by atoms with Gasteiger partial charge >= 0.3 is 11.9 Å². The van der Waals surface area contributed by atoms with Gasteiger partial charge < -0.3 is 20.1 Å². The van der Waals surface area contributed by atoms with Gasteiger partial charge in [0.2, 0.25) is 11.8 Å². The summed E-state index contributed by atoms with van der Waals surface area (Å²) in [5.41, 5.74) is 3.17. The third-order valence-corrected chi connectivity index (χ3v) is 8.10. The van der Waals surface area contributed by atoms with Crippen LogP contribution in [0, 0.1) is 11.3 Å². The van der Waals surface area contributed by atoms with Crippen LogP contribution in [0.5, 0.6) is 0 Å². The summed E-state index contributed by atoms with van der Waals surface area (Å²) in [7, 11) is 0. The summed E-state index contributed by atoms with van der Waals surface area (Å²) in [5, 5.41) is 7.68. The number of esters is 2. The van der Waals surface area contributed by atoms with Crippen molar-refractivity contribution in [2.24, 2.45) is 11.3 Å². The van der Waals surface area contributed by atoms with E-state index < -0.39 is 71.3 Å². The van der Waals surface area contributed by atoms with E-state index in [0.29, 0.717) is 24.1 Å². The fraction of sp³-hybridized carbons (Fsp3) is 0.543. The van der Waals surface area contributed by atoms with Crippen LogP contribution in [0.1, 0.15) is 92.0 Å². The van der Waals surface area contributed by atoms with E-state index in [1.54, 1.807) is 67.5 Å². The van der Waals surface area contributed by atoms with Gasteiger partial charge in [-0.3, -0.25) is 29.0 Å². The van der Waals surface area contributed by atoms with E-state index >= 15 is 0 Å². The Morgan fingerprint density at radius 1 is 1.11 bits per heavy atom.